The Labute approximate surface area is 188 Å². The lowest BCUT2D eigenvalue weighted by Crippen LogP contribution is -2.05. The van der Waals surface area contributed by atoms with Gasteiger partial charge in [0.2, 0.25) is 0 Å². The van der Waals surface area contributed by atoms with E-state index >= 15 is 0 Å². The Bertz CT molecular complexity index is 1330. The molecule has 2 aromatic carbocycles. The molecule has 4 rings (SSSR count). The van der Waals surface area contributed by atoms with Crippen LogP contribution in [0.2, 0.25) is 0 Å². The van der Waals surface area contributed by atoms with Crippen LogP contribution in [0.3, 0.4) is 0 Å². The molecule has 0 bridgehead atoms. The molecule has 0 fully saturated rings. The van der Waals surface area contributed by atoms with Crippen molar-refractivity contribution in [1.29, 1.82) is 0 Å². The molecule has 0 aliphatic rings. The van der Waals surface area contributed by atoms with E-state index in [2.05, 4.69) is 5.32 Å². The number of hydrogen-bond acceptors (Lipinski definition) is 8. The number of anilines is 1. The summed E-state index contributed by atoms with van der Waals surface area (Å²) in [5.41, 5.74) is 3.13. The first-order valence-electron chi connectivity index (χ1n) is 9.81. The number of carbonyl (C=O) groups excluding carboxylic acids is 1. The number of ether oxygens (including phenoxy) is 1. The number of nitrogens with zero attached hydrogens (tertiary/aromatic N) is 3. The maximum absolute atomic E-state index is 11.7. The Morgan fingerprint density at radius 2 is 1.91 bits per heavy atom. The van der Waals surface area contributed by atoms with E-state index in [1.54, 1.807) is 47.7 Å². The Morgan fingerprint density at radius 1 is 1.16 bits per heavy atom. The summed E-state index contributed by atoms with van der Waals surface area (Å²) in [6, 6.07) is 13.4. The van der Waals surface area contributed by atoms with Gasteiger partial charge in [-0.1, -0.05) is 24.3 Å². The Hall–Kier alpha value is -3.85. The summed E-state index contributed by atoms with van der Waals surface area (Å²) in [5, 5.41) is 15.3. The van der Waals surface area contributed by atoms with Crippen LogP contribution in [-0.2, 0) is 11.3 Å². The van der Waals surface area contributed by atoms with Gasteiger partial charge in [0.1, 0.15) is 10.6 Å². The molecule has 0 saturated carbocycles. The Morgan fingerprint density at radius 3 is 2.59 bits per heavy atom. The molecule has 0 spiro atoms. The normalized spacial score (nSPS) is 10.8. The first kappa shape index (κ1) is 21.4. The van der Waals surface area contributed by atoms with Gasteiger partial charge in [-0.25, -0.2) is 14.8 Å². The monoisotopic (exact) mass is 448 g/mol. The highest BCUT2D eigenvalue weighted by atomic mass is 32.1. The van der Waals surface area contributed by atoms with Crippen molar-refractivity contribution in [3.8, 4) is 11.4 Å². The molecule has 9 heteroatoms. The second-order valence-corrected chi connectivity index (χ2v) is 8.41. The van der Waals surface area contributed by atoms with Crippen LogP contribution in [0.15, 0.2) is 48.5 Å². The van der Waals surface area contributed by atoms with Crippen LogP contribution in [0.5, 0.6) is 0 Å². The number of aromatic nitrogens is 2. The number of thiophene rings is 1. The van der Waals surface area contributed by atoms with Gasteiger partial charge in [-0.05, 0) is 37.1 Å². The van der Waals surface area contributed by atoms with Crippen molar-refractivity contribution in [2.24, 2.45) is 0 Å². The van der Waals surface area contributed by atoms with Gasteiger partial charge in [-0.3, -0.25) is 10.1 Å². The molecule has 2 heterocycles. The van der Waals surface area contributed by atoms with Crippen LogP contribution in [0.1, 0.15) is 26.4 Å². The van der Waals surface area contributed by atoms with Gasteiger partial charge < -0.3 is 10.1 Å². The molecule has 2 aromatic heterocycles. The fraction of sp³-hybridized carbons (Fsp3) is 0.174. The number of nitro groups is 1. The molecule has 0 aliphatic heterocycles. The van der Waals surface area contributed by atoms with Crippen molar-refractivity contribution in [1.82, 2.24) is 9.97 Å². The van der Waals surface area contributed by atoms with Crippen LogP contribution in [-0.4, -0.2) is 28.0 Å². The minimum absolute atomic E-state index is 0.0473. The van der Waals surface area contributed by atoms with Crippen molar-refractivity contribution >= 4 is 39.0 Å². The van der Waals surface area contributed by atoms with Crippen molar-refractivity contribution in [2.75, 3.05) is 12.4 Å². The summed E-state index contributed by atoms with van der Waals surface area (Å²) in [6.07, 6.45) is 0. The number of benzene rings is 2. The number of rotatable bonds is 6. The van der Waals surface area contributed by atoms with Crippen LogP contribution < -0.4 is 5.32 Å². The highest BCUT2D eigenvalue weighted by molar-refractivity contribution is 7.18. The molecule has 0 aliphatic carbocycles. The number of esters is 1. The molecule has 8 nitrogen and oxygen atoms in total. The molecular formula is C23H20N4O4S. The summed E-state index contributed by atoms with van der Waals surface area (Å²) in [4.78, 5) is 33.9. The first-order chi connectivity index (χ1) is 15.4. The summed E-state index contributed by atoms with van der Waals surface area (Å²) in [6.45, 7) is 4.45. The third-order valence-electron chi connectivity index (χ3n) is 5.17. The number of fused-ring (bicyclic) bond motifs is 1. The molecule has 1 N–H and O–H groups in total. The predicted molar refractivity (Wildman–Crippen MR) is 124 cm³/mol. The van der Waals surface area contributed by atoms with Gasteiger partial charge in [0.15, 0.2) is 5.82 Å². The van der Waals surface area contributed by atoms with E-state index in [9.17, 15) is 14.9 Å². The average Bonchev–Trinajstić information content (AvgIpc) is 3.10. The fourth-order valence-corrected chi connectivity index (χ4v) is 4.37. The molecule has 0 unspecified atom stereocenters. The largest absolute Gasteiger partial charge is 0.465 e. The van der Waals surface area contributed by atoms with Gasteiger partial charge in [0, 0.05) is 29.1 Å². The molecule has 162 valence electrons. The zero-order valence-corrected chi connectivity index (χ0v) is 18.5. The van der Waals surface area contributed by atoms with Crippen molar-refractivity contribution < 1.29 is 14.5 Å². The lowest BCUT2D eigenvalue weighted by molar-refractivity contribution is -0.384. The first-order valence-corrected chi connectivity index (χ1v) is 10.6. The van der Waals surface area contributed by atoms with Crippen molar-refractivity contribution in [2.45, 2.75) is 20.4 Å². The number of carbonyl (C=O) groups is 1. The second-order valence-electron chi connectivity index (χ2n) is 7.21. The van der Waals surface area contributed by atoms with E-state index in [0.717, 1.165) is 31.8 Å². The third kappa shape index (κ3) is 4.15. The van der Waals surface area contributed by atoms with Crippen LogP contribution in [0, 0.1) is 24.0 Å². The van der Waals surface area contributed by atoms with E-state index in [1.165, 1.54) is 13.2 Å². The Balaban J connectivity index is 1.72. The minimum Gasteiger partial charge on any atom is -0.465 e. The molecule has 32 heavy (non-hydrogen) atoms. The van der Waals surface area contributed by atoms with Gasteiger partial charge in [-0.15, -0.1) is 11.3 Å². The summed E-state index contributed by atoms with van der Waals surface area (Å²) in [5.74, 6) is 0.781. The quantitative estimate of drug-likeness (QED) is 0.243. The highest BCUT2D eigenvalue weighted by Gasteiger charge is 2.16. The molecule has 0 atom stereocenters. The fourth-order valence-electron chi connectivity index (χ4n) is 3.35. The summed E-state index contributed by atoms with van der Waals surface area (Å²) < 4.78 is 4.75. The number of nitrogens with one attached hydrogen (secondary N) is 1. The van der Waals surface area contributed by atoms with Crippen molar-refractivity contribution in [3.63, 3.8) is 0 Å². The zero-order valence-electron chi connectivity index (χ0n) is 17.7. The molecule has 0 amide bonds. The standard InChI is InChI=1S/C23H20N4O4S/c1-13-14(2)32-22-19(13)21(24-12-15-5-4-6-18(11-15)27(29)30)25-20(26-22)16-7-9-17(10-8-16)23(28)31-3/h4-11H,12H2,1-3H3,(H,24,25,26). The highest BCUT2D eigenvalue weighted by Crippen LogP contribution is 2.35. The molecule has 4 aromatic rings. The van der Waals surface area contributed by atoms with Crippen LogP contribution in [0.25, 0.3) is 21.6 Å². The van der Waals surface area contributed by atoms with Gasteiger partial charge in [0.05, 0.1) is 23.0 Å². The minimum atomic E-state index is -0.408. The summed E-state index contributed by atoms with van der Waals surface area (Å²) in [7, 11) is 1.34. The van der Waals surface area contributed by atoms with E-state index < -0.39 is 10.9 Å². The topological polar surface area (TPSA) is 107 Å². The third-order valence-corrected chi connectivity index (χ3v) is 6.28. The average molecular weight is 449 g/mol. The van der Waals surface area contributed by atoms with E-state index in [-0.39, 0.29) is 5.69 Å². The molecule has 0 radical (unpaired) electrons. The second kappa shape index (κ2) is 8.72. The van der Waals surface area contributed by atoms with Crippen LogP contribution in [0.4, 0.5) is 11.5 Å². The van der Waals surface area contributed by atoms with E-state index in [0.29, 0.717) is 23.8 Å². The van der Waals surface area contributed by atoms with Gasteiger partial charge in [-0.2, -0.15) is 0 Å². The maximum Gasteiger partial charge on any atom is 0.337 e. The number of non-ortho nitro benzene ring substituents is 1. The Kier molecular flexibility index (Phi) is 5.83. The molecule has 0 saturated heterocycles. The number of nitro benzene ring substituents is 1. The van der Waals surface area contributed by atoms with Gasteiger partial charge in [0.25, 0.3) is 5.69 Å². The van der Waals surface area contributed by atoms with Gasteiger partial charge >= 0.3 is 5.97 Å². The van der Waals surface area contributed by atoms with E-state index in [4.69, 9.17) is 14.7 Å². The molecular weight excluding hydrogens is 428 g/mol. The summed E-state index contributed by atoms with van der Waals surface area (Å²) >= 11 is 1.59. The van der Waals surface area contributed by atoms with E-state index in [1.807, 2.05) is 19.9 Å². The van der Waals surface area contributed by atoms with Crippen LogP contribution >= 0.6 is 11.3 Å². The predicted octanol–water partition coefficient (Wildman–Crippen LogP) is 5.28. The smallest absolute Gasteiger partial charge is 0.337 e. The van der Waals surface area contributed by atoms with Crippen molar-refractivity contribution in [3.05, 3.63) is 80.2 Å². The number of hydrogen-bond donors (Lipinski definition) is 1. The lowest BCUT2D eigenvalue weighted by Gasteiger charge is -2.10. The number of methoxy groups -OCH3 is 1. The number of aryl methyl sites for hydroxylation is 2. The lowest BCUT2D eigenvalue weighted by atomic mass is 10.1. The SMILES string of the molecule is COC(=O)c1ccc(-c2nc(NCc3cccc([N+](=O)[O-])c3)c3c(C)c(C)sc3n2)cc1. The zero-order chi connectivity index (χ0) is 22.8. The maximum atomic E-state index is 11.7.